The van der Waals surface area contributed by atoms with Gasteiger partial charge in [-0.2, -0.15) is 4.31 Å². The summed E-state index contributed by atoms with van der Waals surface area (Å²) in [6.07, 6.45) is 0.671. The Morgan fingerprint density at radius 1 is 1.17 bits per heavy atom. The number of methoxy groups -OCH3 is 1. The van der Waals surface area contributed by atoms with E-state index in [2.05, 4.69) is 5.32 Å². The predicted molar refractivity (Wildman–Crippen MR) is 117 cm³/mol. The van der Waals surface area contributed by atoms with Crippen LogP contribution in [0.3, 0.4) is 0 Å². The van der Waals surface area contributed by atoms with Gasteiger partial charge in [-0.05, 0) is 47.2 Å². The van der Waals surface area contributed by atoms with Gasteiger partial charge in [0.15, 0.2) is 0 Å². The largest absolute Gasteiger partial charge is 0.495 e. The molecule has 1 aromatic heterocycles. The number of sulfonamides is 1. The van der Waals surface area contributed by atoms with Crippen molar-refractivity contribution in [1.29, 1.82) is 0 Å². The molecule has 0 fully saturated rings. The number of ether oxygens (including phenoxy) is 1. The third-order valence-electron chi connectivity index (χ3n) is 5.13. The minimum Gasteiger partial charge on any atom is -0.495 e. The molecule has 2 heterocycles. The molecule has 2 aromatic carbocycles. The molecular weight excluding hydrogens is 420 g/mol. The second kappa shape index (κ2) is 8.22. The van der Waals surface area contributed by atoms with Gasteiger partial charge in [0.1, 0.15) is 5.75 Å². The van der Waals surface area contributed by atoms with Crippen molar-refractivity contribution in [2.75, 3.05) is 19.0 Å². The molecule has 30 heavy (non-hydrogen) atoms. The molecule has 1 atom stereocenters. The summed E-state index contributed by atoms with van der Waals surface area (Å²) in [7, 11) is -2.36. The van der Waals surface area contributed by atoms with Crippen molar-refractivity contribution in [2.24, 2.45) is 0 Å². The molecular formula is C22H22N2O4S2. The fraction of sp³-hybridized carbons (Fsp3) is 0.227. The highest BCUT2D eigenvalue weighted by atomic mass is 32.2. The number of nitrogens with zero attached hydrogens (tertiary/aromatic N) is 1. The van der Waals surface area contributed by atoms with Gasteiger partial charge in [0.25, 0.3) is 0 Å². The van der Waals surface area contributed by atoms with Crippen LogP contribution in [0, 0.1) is 0 Å². The van der Waals surface area contributed by atoms with Crippen molar-refractivity contribution in [3.63, 3.8) is 0 Å². The Labute approximate surface area is 180 Å². The average Bonchev–Trinajstić information content (AvgIpc) is 3.22. The Morgan fingerprint density at radius 2 is 1.93 bits per heavy atom. The van der Waals surface area contributed by atoms with Crippen LogP contribution in [0.2, 0.25) is 0 Å². The molecule has 6 nitrogen and oxygen atoms in total. The number of amides is 1. The molecule has 0 radical (unpaired) electrons. The van der Waals surface area contributed by atoms with E-state index in [1.165, 1.54) is 31.0 Å². The molecule has 4 rings (SSSR count). The van der Waals surface area contributed by atoms with Crippen molar-refractivity contribution < 1.29 is 17.9 Å². The van der Waals surface area contributed by atoms with Gasteiger partial charge < -0.3 is 10.1 Å². The van der Waals surface area contributed by atoms with Crippen LogP contribution in [0.1, 0.15) is 29.0 Å². The lowest BCUT2D eigenvalue weighted by Crippen LogP contribution is -2.40. The Bertz CT molecular complexity index is 1170. The predicted octanol–water partition coefficient (Wildman–Crippen LogP) is 4.05. The molecule has 1 aliphatic heterocycles. The number of anilines is 1. The van der Waals surface area contributed by atoms with Crippen molar-refractivity contribution in [3.05, 3.63) is 76.0 Å². The lowest BCUT2D eigenvalue weighted by Gasteiger charge is -2.35. The number of hydrogen-bond donors (Lipinski definition) is 1. The highest BCUT2D eigenvalue weighted by molar-refractivity contribution is 7.89. The van der Waals surface area contributed by atoms with E-state index in [1.54, 1.807) is 21.7 Å². The Balaban J connectivity index is 1.81. The third kappa shape index (κ3) is 3.74. The number of carbonyl (C=O) groups is 1. The molecule has 0 saturated carbocycles. The quantitative estimate of drug-likeness (QED) is 0.647. The first-order valence-electron chi connectivity index (χ1n) is 9.50. The number of thiophene rings is 1. The second-order valence-corrected chi connectivity index (χ2v) is 9.91. The van der Waals surface area contributed by atoms with Crippen molar-refractivity contribution >= 4 is 33.0 Å². The van der Waals surface area contributed by atoms with Crippen LogP contribution in [0.5, 0.6) is 5.75 Å². The van der Waals surface area contributed by atoms with Gasteiger partial charge in [0, 0.05) is 18.3 Å². The molecule has 156 valence electrons. The van der Waals surface area contributed by atoms with Crippen LogP contribution >= 0.6 is 11.3 Å². The van der Waals surface area contributed by atoms with E-state index in [0.717, 1.165) is 11.1 Å². The molecule has 0 unspecified atom stereocenters. The van der Waals surface area contributed by atoms with Crippen LogP contribution in [-0.2, 0) is 21.2 Å². The number of rotatable bonds is 5. The van der Waals surface area contributed by atoms with Crippen molar-refractivity contribution in [2.45, 2.75) is 24.3 Å². The van der Waals surface area contributed by atoms with Gasteiger partial charge in [-0.15, -0.1) is 11.3 Å². The van der Waals surface area contributed by atoms with Crippen LogP contribution in [0.15, 0.2) is 64.9 Å². The first kappa shape index (κ1) is 20.6. The van der Waals surface area contributed by atoms with E-state index in [4.69, 9.17) is 4.74 Å². The number of hydrogen-bond acceptors (Lipinski definition) is 5. The normalized spacial score (nSPS) is 16.7. The summed E-state index contributed by atoms with van der Waals surface area (Å²) < 4.78 is 34.2. The maximum atomic E-state index is 13.7. The highest BCUT2D eigenvalue weighted by Gasteiger charge is 2.38. The van der Waals surface area contributed by atoms with Gasteiger partial charge in [0.05, 0.1) is 23.7 Å². The molecule has 1 N–H and O–H groups in total. The van der Waals surface area contributed by atoms with Crippen LogP contribution < -0.4 is 10.1 Å². The maximum Gasteiger partial charge on any atom is 0.244 e. The van der Waals surface area contributed by atoms with Crippen LogP contribution in [0.4, 0.5) is 5.69 Å². The highest BCUT2D eigenvalue weighted by Crippen LogP contribution is 2.41. The summed E-state index contributed by atoms with van der Waals surface area (Å²) in [5.74, 6) is 0.105. The summed E-state index contributed by atoms with van der Waals surface area (Å²) in [6, 6.07) is 15.8. The first-order valence-corrected chi connectivity index (χ1v) is 11.8. The van der Waals surface area contributed by atoms with E-state index in [9.17, 15) is 13.2 Å². The molecule has 0 saturated heterocycles. The Morgan fingerprint density at radius 3 is 2.63 bits per heavy atom. The zero-order chi connectivity index (χ0) is 21.3. The molecule has 1 aliphatic rings. The molecule has 3 aromatic rings. The second-order valence-electron chi connectivity index (χ2n) is 7.02. The van der Waals surface area contributed by atoms with E-state index in [1.807, 2.05) is 41.8 Å². The number of nitrogens with one attached hydrogen (secondary N) is 1. The maximum absolute atomic E-state index is 13.7. The summed E-state index contributed by atoms with van der Waals surface area (Å²) in [5, 5.41) is 4.66. The topological polar surface area (TPSA) is 75.7 Å². The minimum absolute atomic E-state index is 0.117. The Kier molecular flexibility index (Phi) is 5.64. The number of carbonyl (C=O) groups excluding carboxylic acids is 1. The van der Waals surface area contributed by atoms with Gasteiger partial charge in [-0.1, -0.05) is 30.3 Å². The molecule has 0 aliphatic carbocycles. The summed E-state index contributed by atoms with van der Waals surface area (Å²) in [4.78, 5) is 12.9. The zero-order valence-electron chi connectivity index (χ0n) is 16.7. The van der Waals surface area contributed by atoms with Gasteiger partial charge in [0.2, 0.25) is 15.9 Å². The van der Waals surface area contributed by atoms with Gasteiger partial charge in [-0.25, -0.2) is 8.42 Å². The zero-order valence-corrected chi connectivity index (χ0v) is 18.3. The summed E-state index contributed by atoms with van der Waals surface area (Å²) in [5.41, 5.74) is 2.28. The van der Waals surface area contributed by atoms with Gasteiger partial charge >= 0.3 is 0 Å². The monoisotopic (exact) mass is 442 g/mol. The van der Waals surface area contributed by atoms with E-state index in [-0.39, 0.29) is 10.8 Å². The Hall–Kier alpha value is -2.68. The average molecular weight is 443 g/mol. The van der Waals surface area contributed by atoms with Crippen LogP contribution in [-0.4, -0.2) is 32.3 Å². The standard InChI is InChI=1S/C22H22N2O4S2/c1-15(25)23-19-14-17(8-9-20(19)28-2)30(26,27)24-12-10-21-18(11-13-29-21)22(24)16-6-4-3-5-7-16/h3-9,11,13-14,22H,10,12H2,1-2H3,(H,23,25)/t22-/m1/s1. The van der Waals surface area contributed by atoms with E-state index < -0.39 is 16.1 Å². The molecule has 0 bridgehead atoms. The number of fused-ring (bicyclic) bond motifs is 1. The third-order valence-corrected chi connectivity index (χ3v) is 7.98. The van der Waals surface area contributed by atoms with E-state index >= 15 is 0 Å². The smallest absolute Gasteiger partial charge is 0.244 e. The van der Waals surface area contributed by atoms with Crippen LogP contribution in [0.25, 0.3) is 0 Å². The van der Waals surface area contributed by atoms with Gasteiger partial charge in [-0.3, -0.25) is 4.79 Å². The van der Waals surface area contributed by atoms with Crippen molar-refractivity contribution in [3.8, 4) is 5.75 Å². The van der Waals surface area contributed by atoms with E-state index in [0.29, 0.717) is 24.4 Å². The summed E-state index contributed by atoms with van der Waals surface area (Å²) in [6.45, 7) is 1.76. The summed E-state index contributed by atoms with van der Waals surface area (Å²) >= 11 is 1.66. The lowest BCUT2D eigenvalue weighted by molar-refractivity contribution is -0.114. The number of benzene rings is 2. The minimum atomic E-state index is -3.83. The lowest BCUT2D eigenvalue weighted by atomic mass is 9.95. The first-order chi connectivity index (χ1) is 14.4. The SMILES string of the molecule is COc1ccc(S(=O)(=O)N2CCc3sccc3[C@H]2c2ccccc2)cc1NC(C)=O. The molecule has 0 spiro atoms. The fourth-order valence-electron chi connectivity index (χ4n) is 3.80. The van der Waals surface area contributed by atoms with Crippen molar-refractivity contribution in [1.82, 2.24) is 4.31 Å². The molecule has 1 amide bonds. The fourth-order valence-corrected chi connectivity index (χ4v) is 6.33. The molecule has 8 heteroatoms.